The smallest absolute Gasteiger partial charge is 0.245 e. The molecule has 1 fully saturated rings. The van der Waals surface area contributed by atoms with Gasteiger partial charge in [0.25, 0.3) is 0 Å². The van der Waals surface area contributed by atoms with E-state index in [0.717, 1.165) is 6.42 Å². The van der Waals surface area contributed by atoms with Crippen LogP contribution < -0.4 is 5.32 Å². The highest BCUT2D eigenvalue weighted by Gasteiger charge is 2.43. The summed E-state index contributed by atoms with van der Waals surface area (Å²) in [7, 11) is 1.63. The number of ether oxygens (including phenoxy) is 1. The van der Waals surface area contributed by atoms with Gasteiger partial charge in [0, 0.05) is 7.11 Å². The van der Waals surface area contributed by atoms with Gasteiger partial charge in [-0.1, -0.05) is 27.2 Å². The van der Waals surface area contributed by atoms with Crippen molar-refractivity contribution in [2.75, 3.05) is 13.7 Å². The highest BCUT2D eigenvalue weighted by Crippen LogP contribution is 2.22. The van der Waals surface area contributed by atoms with E-state index in [9.17, 15) is 9.59 Å². The lowest BCUT2D eigenvalue weighted by Gasteiger charge is -2.43. The molecule has 1 aliphatic rings. The zero-order valence-electron chi connectivity index (χ0n) is 13.5. The van der Waals surface area contributed by atoms with Crippen LogP contribution in [-0.2, 0) is 14.3 Å². The quantitative estimate of drug-likeness (QED) is 0.805. The molecule has 0 aliphatic carbocycles. The number of rotatable bonds is 6. The summed E-state index contributed by atoms with van der Waals surface area (Å²) in [6.45, 7) is 10.2. The van der Waals surface area contributed by atoms with Crippen LogP contribution >= 0.6 is 0 Å². The lowest BCUT2D eigenvalue weighted by molar-refractivity contribution is -0.155. The Morgan fingerprint density at radius 3 is 2.40 bits per heavy atom. The molecule has 0 spiro atoms. The summed E-state index contributed by atoms with van der Waals surface area (Å²) >= 11 is 0. The minimum atomic E-state index is -0.461. The average molecular weight is 284 g/mol. The largest absolute Gasteiger partial charge is 0.377 e. The van der Waals surface area contributed by atoms with Crippen molar-refractivity contribution >= 4 is 11.8 Å². The first-order chi connectivity index (χ1) is 9.23. The van der Waals surface area contributed by atoms with Gasteiger partial charge in [0.2, 0.25) is 11.8 Å². The fourth-order valence-corrected chi connectivity index (χ4v) is 2.60. The molecule has 1 saturated heterocycles. The van der Waals surface area contributed by atoms with Crippen molar-refractivity contribution in [1.29, 1.82) is 0 Å². The molecular weight excluding hydrogens is 256 g/mol. The van der Waals surface area contributed by atoms with Crippen LogP contribution in [0.4, 0.5) is 0 Å². The molecule has 0 saturated carbocycles. The molecule has 0 aromatic carbocycles. The van der Waals surface area contributed by atoms with Gasteiger partial charge in [0.1, 0.15) is 12.1 Å². The van der Waals surface area contributed by atoms with E-state index in [1.54, 1.807) is 12.0 Å². The summed E-state index contributed by atoms with van der Waals surface area (Å²) < 4.78 is 5.42. The monoisotopic (exact) mass is 284 g/mol. The van der Waals surface area contributed by atoms with Gasteiger partial charge in [-0.25, -0.2) is 0 Å². The first kappa shape index (κ1) is 17.0. The number of carbonyl (C=O) groups excluding carboxylic acids is 2. The topological polar surface area (TPSA) is 58.6 Å². The second kappa shape index (κ2) is 6.57. The molecule has 116 valence electrons. The van der Waals surface area contributed by atoms with E-state index in [1.165, 1.54) is 0 Å². The van der Waals surface area contributed by atoms with Crippen LogP contribution in [0, 0.1) is 5.92 Å². The zero-order valence-corrected chi connectivity index (χ0v) is 13.5. The lowest BCUT2D eigenvalue weighted by Crippen LogP contribution is -2.66. The molecule has 1 aliphatic heterocycles. The lowest BCUT2D eigenvalue weighted by atomic mass is 9.94. The third-order valence-electron chi connectivity index (χ3n) is 3.81. The van der Waals surface area contributed by atoms with Crippen molar-refractivity contribution in [3.05, 3.63) is 0 Å². The minimum absolute atomic E-state index is 0.00951. The Morgan fingerprint density at radius 1 is 1.35 bits per heavy atom. The summed E-state index contributed by atoms with van der Waals surface area (Å²) in [5, 5.41) is 2.86. The molecule has 5 nitrogen and oxygen atoms in total. The normalized spacial score (nSPS) is 24.2. The van der Waals surface area contributed by atoms with Gasteiger partial charge in [0.15, 0.2) is 0 Å². The molecule has 0 bridgehead atoms. The Kier molecular flexibility index (Phi) is 5.57. The van der Waals surface area contributed by atoms with Crippen molar-refractivity contribution in [3.63, 3.8) is 0 Å². The van der Waals surface area contributed by atoms with Crippen LogP contribution in [0.25, 0.3) is 0 Å². The van der Waals surface area contributed by atoms with E-state index in [4.69, 9.17) is 4.74 Å². The average Bonchev–Trinajstić information content (AvgIpc) is 2.34. The second-order valence-electron chi connectivity index (χ2n) is 6.47. The van der Waals surface area contributed by atoms with Crippen LogP contribution in [-0.4, -0.2) is 48.1 Å². The predicted molar refractivity (Wildman–Crippen MR) is 78.3 cm³/mol. The summed E-state index contributed by atoms with van der Waals surface area (Å²) in [5.41, 5.74) is -0.461. The van der Waals surface area contributed by atoms with E-state index in [2.05, 4.69) is 5.32 Å². The van der Waals surface area contributed by atoms with Crippen molar-refractivity contribution < 1.29 is 14.3 Å². The maximum absolute atomic E-state index is 12.6. The molecule has 0 aromatic rings. The van der Waals surface area contributed by atoms with Gasteiger partial charge >= 0.3 is 0 Å². The molecule has 2 atom stereocenters. The fraction of sp³-hybridized carbons (Fsp3) is 0.867. The van der Waals surface area contributed by atoms with Gasteiger partial charge in [-0.15, -0.1) is 0 Å². The fourth-order valence-electron chi connectivity index (χ4n) is 2.60. The maximum atomic E-state index is 12.6. The second-order valence-corrected chi connectivity index (χ2v) is 6.47. The van der Waals surface area contributed by atoms with E-state index >= 15 is 0 Å². The minimum Gasteiger partial charge on any atom is -0.377 e. The number of nitrogens with one attached hydrogen (secondary N) is 1. The number of nitrogens with zero attached hydrogens (tertiary/aromatic N) is 1. The molecular formula is C15H28N2O3. The first-order valence-corrected chi connectivity index (χ1v) is 7.39. The number of piperazine rings is 1. The summed E-state index contributed by atoms with van der Waals surface area (Å²) in [5.74, 6) is 0.0365. The number of carbonyl (C=O) groups is 2. The van der Waals surface area contributed by atoms with Crippen LogP contribution in [0.2, 0.25) is 0 Å². The first-order valence-electron chi connectivity index (χ1n) is 7.39. The van der Waals surface area contributed by atoms with Crippen LogP contribution in [0.3, 0.4) is 0 Å². The van der Waals surface area contributed by atoms with Crippen LogP contribution in [0.5, 0.6) is 0 Å². The Balaban J connectivity index is 3.01. The molecule has 2 unspecified atom stereocenters. The van der Waals surface area contributed by atoms with E-state index in [1.807, 2.05) is 34.6 Å². The summed E-state index contributed by atoms with van der Waals surface area (Å²) in [6.07, 6.45) is 1.55. The summed E-state index contributed by atoms with van der Waals surface area (Å²) in [6, 6.07) is -0.805. The van der Waals surface area contributed by atoms with Crippen molar-refractivity contribution in [2.24, 2.45) is 5.92 Å². The molecule has 1 rings (SSSR count). The van der Waals surface area contributed by atoms with Gasteiger partial charge in [-0.05, 0) is 26.2 Å². The van der Waals surface area contributed by atoms with Crippen LogP contribution in [0.1, 0.15) is 47.5 Å². The Morgan fingerprint density at radius 2 is 1.95 bits per heavy atom. The Bertz CT molecular complexity index is 366. The molecule has 1 heterocycles. The number of hydrogen-bond acceptors (Lipinski definition) is 3. The highest BCUT2D eigenvalue weighted by atomic mass is 16.5. The SMILES string of the molecule is CCCC1NC(=O)C(C(C)C)N(CC(C)(C)OC)C1=O. The number of methoxy groups -OCH3 is 1. The molecule has 2 amide bonds. The van der Waals surface area contributed by atoms with Crippen molar-refractivity contribution in [2.45, 2.75) is 65.1 Å². The Hall–Kier alpha value is -1.10. The molecule has 20 heavy (non-hydrogen) atoms. The molecule has 5 heteroatoms. The van der Waals surface area contributed by atoms with Gasteiger partial charge in [0.05, 0.1) is 12.1 Å². The summed E-state index contributed by atoms with van der Waals surface area (Å²) in [4.78, 5) is 26.6. The molecule has 1 N–H and O–H groups in total. The Labute approximate surface area is 122 Å². The van der Waals surface area contributed by atoms with Gasteiger partial charge < -0.3 is 15.0 Å². The van der Waals surface area contributed by atoms with Gasteiger partial charge in [-0.3, -0.25) is 9.59 Å². The number of hydrogen-bond donors (Lipinski definition) is 1. The van der Waals surface area contributed by atoms with Crippen LogP contribution in [0.15, 0.2) is 0 Å². The van der Waals surface area contributed by atoms with E-state index in [0.29, 0.717) is 13.0 Å². The van der Waals surface area contributed by atoms with Crippen molar-refractivity contribution in [1.82, 2.24) is 10.2 Å². The van der Waals surface area contributed by atoms with E-state index < -0.39 is 17.7 Å². The maximum Gasteiger partial charge on any atom is 0.245 e. The third kappa shape index (κ3) is 3.72. The highest BCUT2D eigenvalue weighted by molar-refractivity contribution is 5.97. The third-order valence-corrected chi connectivity index (χ3v) is 3.81. The zero-order chi connectivity index (χ0) is 15.5. The number of amides is 2. The molecule has 0 radical (unpaired) electrons. The predicted octanol–water partition coefficient (Wildman–Crippen LogP) is 1.56. The van der Waals surface area contributed by atoms with E-state index in [-0.39, 0.29) is 17.7 Å². The van der Waals surface area contributed by atoms with Gasteiger partial charge in [-0.2, -0.15) is 0 Å². The standard InChI is InChI=1S/C15H28N2O3/c1-7-8-11-14(19)17(9-15(4,5)20-6)12(10(2)3)13(18)16-11/h10-12H,7-9H2,1-6H3,(H,16,18). The van der Waals surface area contributed by atoms with Crippen molar-refractivity contribution in [3.8, 4) is 0 Å². The molecule has 0 aromatic heterocycles.